The number of anilines is 1. The average Bonchev–Trinajstić information content (AvgIpc) is 3.08. The molecule has 0 saturated carbocycles. The predicted molar refractivity (Wildman–Crippen MR) is 98.0 cm³/mol. The number of tetrazole rings is 1. The van der Waals surface area contributed by atoms with Crippen molar-refractivity contribution < 1.29 is 22.4 Å². The Bertz CT molecular complexity index is 1090. The summed E-state index contributed by atoms with van der Waals surface area (Å²) in [5, 5.41) is 13.3. The summed E-state index contributed by atoms with van der Waals surface area (Å²) < 4.78 is 53.8. The van der Waals surface area contributed by atoms with Crippen molar-refractivity contribution in [3.05, 3.63) is 70.3 Å². The molecule has 1 aromatic heterocycles. The van der Waals surface area contributed by atoms with E-state index in [4.69, 9.17) is 11.6 Å². The summed E-state index contributed by atoms with van der Waals surface area (Å²) in [5.41, 5.74) is -0.649. The molecule has 0 aliphatic rings. The second-order valence-electron chi connectivity index (χ2n) is 5.86. The zero-order valence-electron chi connectivity index (χ0n) is 14.7. The molecule has 1 N–H and O–H groups in total. The molecule has 0 radical (unpaired) electrons. The monoisotopic (exact) mass is 425 g/mol. The summed E-state index contributed by atoms with van der Waals surface area (Å²) in [4.78, 5) is 12.1. The Morgan fingerprint density at radius 3 is 2.62 bits per heavy atom. The summed E-state index contributed by atoms with van der Waals surface area (Å²) in [6.45, 7) is 1.64. The first-order chi connectivity index (χ1) is 13.6. The Balaban J connectivity index is 1.80. The van der Waals surface area contributed by atoms with E-state index in [9.17, 15) is 22.4 Å². The number of benzene rings is 2. The Hall–Kier alpha value is -3.27. The molecule has 6 nitrogen and oxygen atoms in total. The zero-order chi connectivity index (χ0) is 21.2. The van der Waals surface area contributed by atoms with Crippen molar-refractivity contribution in [1.29, 1.82) is 0 Å². The Morgan fingerprint density at radius 1 is 1.21 bits per heavy atom. The lowest BCUT2D eigenvalue weighted by Crippen LogP contribution is -2.10. The number of aryl methyl sites for hydroxylation is 1. The van der Waals surface area contributed by atoms with Crippen LogP contribution in [0.3, 0.4) is 0 Å². The molecule has 0 aliphatic heterocycles. The fourth-order valence-corrected chi connectivity index (χ4v) is 2.58. The summed E-state index contributed by atoms with van der Waals surface area (Å²) in [6.07, 6.45) is -2.48. The smallest absolute Gasteiger partial charge is 0.320 e. The number of aromatic nitrogens is 4. The van der Waals surface area contributed by atoms with Crippen LogP contribution in [0.25, 0.3) is 11.8 Å². The third-order valence-corrected chi connectivity index (χ3v) is 4.16. The highest BCUT2D eigenvalue weighted by Gasteiger charge is 2.30. The van der Waals surface area contributed by atoms with Gasteiger partial charge in [-0.3, -0.25) is 4.79 Å². The van der Waals surface area contributed by atoms with E-state index < -0.39 is 23.5 Å². The van der Waals surface area contributed by atoms with E-state index in [-0.39, 0.29) is 16.3 Å². The van der Waals surface area contributed by atoms with Crippen LogP contribution in [0.4, 0.5) is 23.2 Å². The molecule has 29 heavy (non-hydrogen) atoms. The van der Waals surface area contributed by atoms with Crippen molar-refractivity contribution in [1.82, 2.24) is 20.2 Å². The van der Waals surface area contributed by atoms with Crippen LogP contribution in [0, 0.1) is 12.7 Å². The standard InChI is InChI=1S/C18H12ClF4N5O/c1-10-25-26-27-28(10)13-4-6-15(20)16(9-13)24-17(29)7-2-11-8-12(18(21,22)23)3-5-14(11)19/h2-9H,1H3,(H,24,29)/b7-2+. The second kappa shape index (κ2) is 8.00. The molecular formula is C18H12ClF4N5O. The minimum atomic E-state index is -4.55. The lowest BCUT2D eigenvalue weighted by atomic mass is 10.1. The number of carbonyl (C=O) groups excluding carboxylic acids is 1. The SMILES string of the molecule is Cc1nnnn1-c1ccc(F)c(NC(=O)/C=C/c2cc(C(F)(F)F)ccc2Cl)c1. The van der Waals surface area contributed by atoms with Crippen molar-refractivity contribution >= 4 is 29.3 Å². The molecule has 11 heteroatoms. The van der Waals surface area contributed by atoms with Gasteiger partial charge < -0.3 is 5.32 Å². The van der Waals surface area contributed by atoms with Gasteiger partial charge in [-0.25, -0.2) is 4.39 Å². The third kappa shape index (κ3) is 4.77. The van der Waals surface area contributed by atoms with Gasteiger partial charge in [0.15, 0.2) is 5.82 Å². The maximum Gasteiger partial charge on any atom is 0.416 e. The number of nitrogens with one attached hydrogen (secondary N) is 1. The quantitative estimate of drug-likeness (QED) is 0.495. The van der Waals surface area contributed by atoms with Crippen LogP contribution in [-0.4, -0.2) is 26.1 Å². The number of alkyl halides is 3. The largest absolute Gasteiger partial charge is 0.416 e. The predicted octanol–water partition coefficient (Wildman–Crippen LogP) is 4.43. The van der Waals surface area contributed by atoms with Crippen LogP contribution in [0.5, 0.6) is 0 Å². The Kier molecular flexibility index (Phi) is 5.64. The maximum absolute atomic E-state index is 14.0. The number of carbonyl (C=O) groups is 1. The number of nitrogens with zero attached hydrogens (tertiary/aromatic N) is 4. The minimum absolute atomic E-state index is 0.00446. The Morgan fingerprint density at radius 2 is 1.97 bits per heavy atom. The number of halogens is 5. The van der Waals surface area contributed by atoms with Gasteiger partial charge in [-0.15, -0.1) is 5.10 Å². The number of amides is 1. The number of hydrogen-bond donors (Lipinski definition) is 1. The first-order valence-electron chi connectivity index (χ1n) is 8.06. The molecule has 0 fully saturated rings. The maximum atomic E-state index is 14.0. The lowest BCUT2D eigenvalue weighted by molar-refractivity contribution is -0.137. The van der Waals surface area contributed by atoms with Gasteiger partial charge in [-0.1, -0.05) is 11.6 Å². The highest BCUT2D eigenvalue weighted by atomic mass is 35.5. The molecule has 3 aromatic rings. The molecule has 150 valence electrons. The lowest BCUT2D eigenvalue weighted by Gasteiger charge is -2.09. The molecule has 0 atom stereocenters. The molecule has 1 heterocycles. The summed E-state index contributed by atoms with van der Waals surface area (Å²) >= 11 is 5.88. The van der Waals surface area contributed by atoms with Crippen LogP contribution >= 0.6 is 11.6 Å². The minimum Gasteiger partial charge on any atom is -0.320 e. The van der Waals surface area contributed by atoms with Crippen LogP contribution in [0.2, 0.25) is 5.02 Å². The van der Waals surface area contributed by atoms with Gasteiger partial charge in [0.05, 0.1) is 16.9 Å². The molecule has 0 unspecified atom stereocenters. The van der Waals surface area contributed by atoms with Gasteiger partial charge in [0.25, 0.3) is 0 Å². The van der Waals surface area contributed by atoms with Gasteiger partial charge in [-0.05, 0) is 65.4 Å². The zero-order valence-corrected chi connectivity index (χ0v) is 15.5. The summed E-state index contributed by atoms with van der Waals surface area (Å²) in [6, 6.07) is 6.60. The van der Waals surface area contributed by atoms with Gasteiger partial charge in [0, 0.05) is 11.1 Å². The van der Waals surface area contributed by atoms with Gasteiger partial charge in [0.1, 0.15) is 5.82 Å². The molecule has 0 bridgehead atoms. The molecule has 0 saturated heterocycles. The van der Waals surface area contributed by atoms with Crippen molar-refractivity contribution in [3.8, 4) is 5.69 Å². The van der Waals surface area contributed by atoms with Gasteiger partial charge >= 0.3 is 6.18 Å². The fraction of sp³-hybridized carbons (Fsp3) is 0.111. The molecule has 0 aliphatic carbocycles. The van der Waals surface area contributed by atoms with E-state index in [1.807, 2.05) is 0 Å². The highest BCUT2D eigenvalue weighted by Crippen LogP contribution is 2.32. The summed E-state index contributed by atoms with van der Waals surface area (Å²) in [5.74, 6) is -1.02. The first-order valence-corrected chi connectivity index (χ1v) is 8.43. The third-order valence-electron chi connectivity index (χ3n) is 3.82. The van der Waals surface area contributed by atoms with Crippen molar-refractivity contribution in [3.63, 3.8) is 0 Å². The van der Waals surface area contributed by atoms with E-state index in [2.05, 4.69) is 20.8 Å². The van der Waals surface area contributed by atoms with E-state index in [1.54, 1.807) is 6.92 Å². The van der Waals surface area contributed by atoms with Crippen molar-refractivity contribution in [2.75, 3.05) is 5.32 Å². The second-order valence-corrected chi connectivity index (χ2v) is 6.27. The summed E-state index contributed by atoms with van der Waals surface area (Å²) in [7, 11) is 0. The van der Waals surface area contributed by atoms with E-state index in [0.717, 1.165) is 36.4 Å². The molecule has 1 amide bonds. The average molecular weight is 426 g/mol. The molecule has 3 rings (SSSR count). The van der Waals surface area contributed by atoms with E-state index in [0.29, 0.717) is 11.5 Å². The Labute approximate surface area is 166 Å². The number of rotatable bonds is 4. The molecule has 2 aromatic carbocycles. The first kappa shape index (κ1) is 20.5. The highest BCUT2D eigenvalue weighted by molar-refractivity contribution is 6.32. The van der Waals surface area contributed by atoms with Crippen LogP contribution in [-0.2, 0) is 11.0 Å². The van der Waals surface area contributed by atoms with Crippen molar-refractivity contribution in [2.45, 2.75) is 13.1 Å². The van der Waals surface area contributed by atoms with E-state index in [1.165, 1.54) is 16.8 Å². The van der Waals surface area contributed by atoms with Gasteiger partial charge in [0.2, 0.25) is 5.91 Å². The van der Waals surface area contributed by atoms with Gasteiger partial charge in [-0.2, -0.15) is 17.9 Å². The fourth-order valence-electron chi connectivity index (χ4n) is 2.40. The molecule has 0 spiro atoms. The van der Waals surface area contributed by atoms with Crippen LogP contribution in [0.15, 0.2) is 42.5 Å². The topological polar surface area (TPSA) is 72.7 Å². The number of hydrogen-bond acceptors (Lipinski definition) is 4. The van der Waals surface area contributed by atoms with E-state index >= 15 is 0 Å². The normalized spacial score (nSPS) is 11.8. The molecular weight excluding hydrogens is 414 g/mol. The van der Waals surface area contributed by atoms with Crippen LogP contribution in [0.1, 0.15) is 17.0 Å². The van der Waals surface area contributed by atoms with Crippen molar-refractivity contribution in [2.24, 2.45) is 0 Å². The van der Waals surface area contributed by atoms with Crippen LogP contribution < -0.4 is 5.32 Å².